The normalized spacial score (nSPS) is 14.7. The molecule has 0 saturated heterocycles. The fourth-order valence-electron chi connectivity index (χ4n) is 3.71. The number of nitrogens with one attached hydrogen (secondary N) is 2. The standard InChI is InChI=1S/C24H37N5O3/c1-5-25-24(26-15-9-14-21-28-23(17(2)3)29-32-21)27-16-18-10-8-13-20(30-4)22(18)31-19-11-6-7-12-19/h8,10,13,17,19H,5-7,9,11-12,14-16H2,1-4H3,(H2,25,26,27). The van der Waals surface area contributed by atoms with E-state index in [-0.39, 0.29) is 12.0 Å². The lowest BCUT2D eigenvalue weighted by Crippen LogP contribution is -2.37. The molecule has 8 nitrogen and oxygen atoms in total. The molecule has 8 heteroatoms. The van der Waals surface area contributed by atoms with Crippen LogP contribution in [0.4, 0.5) is 0 Å². The maximum atomic E-state index is 6.33. The number of methoxy groups -OCH3 is 1. The summed E-state index contributed by atoms with van der Waals surface area (Å²) in [6, 6.07) is 5.99. The lowest BCUT2D eigenvalue weighted by Gasteiger charge is -2.19. The van der Waals surface area contributed by atoms with Crippen molar-refractivity contribution in [3.8, 4) is 11.5 Å². The fourth-order valence-corrected chi connectivity index (χ4v) is 3.71. The zero-order chi connectivity index (χ0) is 22.8. The lowest BCUT2D eigenvalue weighted by atomic mass is 10.1. The summed E-state index contributed by atoms with van der Waals surface area (Å²) in [5.74, 6) is 4.08. The molecule has 1 aliphatic carbocycles. The second kappa shape index (κ2) is 12.3. The van der Waals surface area contributed by atoms with Crippen LogP contribution in [0.5, 0.6) is 11.5 Å². The predicted molar refractivity (Wildman–Crippen MR) is 125 cm³/mol. The third-order valence-electron chi connectivity index (χ3n) is 5.48. The van der Waals surface area contributed by atoms with Crippen LogP contribution in [0, 0.1) is 0 Å². The molecule has 176 valence electrons. The number of benzene rings is 1. The minimum Gasteiger partial charge on any atom is -0.493 e. The Labute approximate surface area is 191 Å². The first-order chi connectivity index (χ1) is 15.6. The number of guanidine groups is 1. The maximum absolute atomic E-state index is 6.33. The molecule has 0 bridgehead atoms. The number of nitrogens with zero attached hydrogens (tertiary/aromatic N) is 3. The van der Waals surface area contributed by atoms with Crippen molar-refractivity contribution in [2.24, 2.45) is 4.99 Å². The van der Waals surface area contributed by atoms with Gasteiger partial charge in [-0.2, -0.15) is 4.98 Å². The molecule has 3 rings (SSSR count). The van der Waals surface area contributed by atoms with Gasteiger partial charge in [0, 0.05) is 31.0 Å². The first-order valence-corrected chi connectivity index (χ1v) is 11.8. The highest BCUT2D eigenvalue weighted by atomic mass is 16.5. The number of aryl methyl sites for hydroxylation is 1. The molecular formula is C24H37N5O3. The number of aliphatic imine (C=N–C) groups is 1. The molecule has 0 spiro atoms. The smallest absolute Gasteiger partial charge is 0.226 e. The van der Waals surface area contributed by atoms with Crippen LogP contribution in [-0.4, -0.2) is 42.4 Å². The van der Waals surface area contributed by atoms with Crippen LogP contribution in [0.1, 0.15) is 76.1 Å². The number of rotatable bonds is 11. The van der Waals surface area contributed by atoms with Gasteiger partial charge in [0.05, 0.1) is 19.8 Å². The van der Waals surface area contributed by atoms with E-state index in [4.69, 9.17) is 19.0 Å². The van der Waals surface area contributed by atoms with E-state index in [1.807, 2.05) is 12.1 Å². The average molecular weight is 444 g/mol. The van der Waals surface area contributed by atoms with E-state index in [1.54, 1.807) is 7.11 Å². The molecular weight excluding hydrogens is 406 g/mol. The molecule has 0 unspecified atom stereocenters. The first kappa shape index (κ1) is 23.9. The zero-order valence-corrected chi connectivity index (χ0v) is 19.8. The molecule has 1 fully saturated rings. The minimum absolute atomic E-state index is 0.265. The quantitative estimate of drug-likeness (QED) is 0.305. The summed E-state index contributed by atoms with van der Waals surface area (Å²) < 4.78 is 17.2. The van der Waals surface area contributed by atoms with Gasteiger partial charge in [-0.05, 0) is 45.1 Å². The van der Waals surface area contributed by atoms with Crippen molar-refractivity contribution in [3.05, 3.63) is 35.5 Å². The Morgan fingerprint density at radius 2 is 2.06 bits per heavy atom. The fraction of sp³-hybridized carbons (Fsp3) is 0.625. The Kier molecular flexibility index (Phi) is 9.19. The summed E-state index contributed by atoms with van der Waals surface area (Å²) in [4.78, 5) is 9.20. The summed E-state index contributed by atoms with van der Waals surface area (Å²) in [5, 5.41) is 10.7. The average Bonchev–Trinajstić information content (AvgIpc) is 3.48. The topological polar surface area (TPSA) is 93.8 Å². The summed E-state index contributed by atoms with van der Waals surface area (Å²) in [5.41, 5.74) is 1.03. The van der Waals surface area contributed by atoms with Crippen LogP contribution in [-0.2, 0) is 13.0 Å². The van der Waals surface area contributed by atoms with Gasteiger partial charge in [-0.15, -0.1) is 0 Å². The second-order valence-corrected chi connectivity index (χ2v) is 8.40. The Balaban J connectivity index is 1.57. The van der Waals surface area contributed by atoms with Gasteiger partial charge in [0.25, 0.3) is 0 Å². The lowest BCUT2D eigenvalue weighted by molar-refractivity contribution is 0.198. The highest BCUT2D eigenvalue weighted by Gasteiger charge is 2.20. The Bertz CT molecular complexity index is 859. The maximum Gasteiger partial charge on any atom is 0.226 e. The first-order valence-electron chi connectivity index (χ1n) is 11.8. The van der Waals surface area contributed by atoms with Crippen molar-refractivity contribution in [1.29, 1.82) is 0 Å². The van der Waals surface area contributed by atoms with Crippen molar-refractivity contribution in [2.45, 2.75) is 77.9 Å². The van der Waals surface area contributed by atoms with Gasteiger partial charge in [0.2, 0.25) is 5.89 Å². The van der Waals surface area contributed by atoms with Crippen molar-refractivity contribution in [1.82, 2.24) is 20.8 Å². The van der Waals surface area contributed by atoms with Crippen molar-refractivity contribution >= 4 is 5.96 Å². The molecule has 1 heterocycles. The molecule has 1 aromatic heterocycles. The van der Waals surface area contributed by atoms with Crippen molar-refractivity contribution in [2.75, 3.05) is 20.2 Å². The highest BCUT2D eigenvalue weighted by Crippen LogP contribution is 2.35. The van der Waals surface area contributed by atoms with Crippen molar-refractivity contribution in [3.63, 3.8) is 0 Å². The van der Waals surface area contributed by atoms with Crippen LogP contribution < -0.4 is 20.1 Å². The van der Waals surface area contributed by atoms with E-state index in [1.165, 1.54) is 12.8 Å². The van der Waals surface area contributed by atoms with Crippen LogP contribution in [0.3, 0.4) is 0 Å². The second-order valence-electron chi connectivity index (χ2n) is 8.40. The van der Waals surface area contributed by atoms with Gasteiger partial charge in [-0.1, -0.05) is 31.1 Å². The van der Waals surface area contributed by atoms with E-state index in [9.17, 15) is 0 Å². The van der Waals surface area contributed by atoms with Gasteiger partial charge < -0.3 is 24.6 Å². The molecule has 0 amide bonds. The summed E-state index contributed by atoms with van der Waals surface area (Å²) in [7, 11) is 1.68. The third-order valence-corrected chi connectivity index (χ3v) is 5.48. The Morgan fingerprint density at radius 1 is 1.25 bits per heavy atom. The summed E-state index contributed by atoms with van der Waals surface area (Å²) in [6.45, 7) is 8.23. The van der Waals surface area contributed by atoms with E-state index >= 15 is 0 Å². The summed E-state index contributed by atoms with van der Waals surface area (Å²) in [6.07, 6.45) is 6.53. The minimum atomic E-state index is 0.265. The predicted octanol–water partition coefficient (Wildman–Crippen LogP) is 4.21. The van der Waals surface area contributed by atoms with Crippen molar-refractivity contribution < 1.29 is 14.0 Å². The molecule has 1 saturated carbocycles. The van der Waals surface area contributed by atoms with Gasteiger partial charge in [0.1, 0.15) is 0 Å². The third kappa shape index (κ3) is 6.87. The highest BCUT2D eigenvalue weighted by molar-refractivity contribution is 5.79. The molecule has 1 aliphatic rings. The number of hydrogen-bond donors (Lipinski definition) is 2. The van der Waals surface area contributed by atoms with E-state index in [2.05, 4.69) is 47.6 Å². The van der Waals surface area contributed by atoms with Gasteiger partial charge in [-0.25, -0.2) is 4.99 Å². The van der Waals surface area contributed by atoms with Gasteiger partial charge in [-0.3, -0.25) is 0 Å². The van der Waals surface area contributed by atoms with Crippen LogP contribution in [0.25, 0.3) is 0 Å². The Hall–Kier alpha value is -2.77. The van der Waals surface area contributed by atoms with Crippen LogP contribution in [0.2, 0.25) is 0 Å². The van der Waals surface area contributed by atoms with Gasteiger partial charge in [0.15, 0.2) is 23.3 Å². The van der Waals surface area contributed by atoms with E-state index in [0.717, 1.165) is 67.6 Å². The largest absolute Gasteiger partial charge is 0.493 e. The number of para-hydroxylation sites is 1. The zero-order valence-electron chi connectivity index (χ0n) is 19.8. The van der Waals surface area contributed by atoms with Gasteiger partial charge >= 0.3 is 0 Å². The molecule has 0 atom stereocenters. The monoisotopic (exact) mass is 443 g/mol. The molecule has 0 radical (unpaired) electrons. The molecule has 0 aliphatic heterocycles. The number of aromatic nitrogens is 2. The molecule has 2 aromatic rings. The molecule has 1 aromatic carbocycles. The number of ether oxygens (including phenoxy) is 2. The SMILES string of the molecule is CCNC(=NCc1cccc(OC)c1OC1CCCC1)NCCCc1nc(C(C)C)no1. The van der Waals surface area contributed by atoms with Crippen LogP contribution in [0.15, 0.2) is 27.7 Å². The van der Waals surface area contributed by atoms with E-state index in [0.29, 0.717) is 12.4 Å². The van der Waals surface area contributed by atoms with E-state index < -0.39 is 0 Å². The Morgan fingerprint density at radius 3 is 2.75 bits per heavy atom. The summed E-state index contributed by atoms with van der Waals surface area (Å²) >= 11 is 0. The molecule has 32 heavy (non-hydrogen) atoms. The van der Waals surface area contributed by atoms with Crippen LogP contribution >= 0.6 is 0 Å². The number of hydrogen-bond acceptors (Lipinski definition) is 6. The molecule has 2 N–H and O–H groups in total.